The third kappa shape index (κ3) is 2.69. The van der Waals surface area contributed by atoms with Crippen molar-refractivity contribution in [3.8, 4) is 0 Å². The van der Waals surface area contributed by atoms with E-state index in [-0.39, 0.29) is 16.7 Å². The summed E-state index contributed by atoms with van der Waals surface area (Å²) < 4.78 is 13.0. The maximum absolute atomic E-state index is 13.0. The predicted molar refractivity (Wildman–Crippen MR) is 52.5 cm³/mol. The monoisotopic (exact) mass is 220 g/mol. The summed E-state index contributed by atoms with van der Waals surface area (Å²) in [5.41, 5.74) is 0.570. The fourth-order valence-corrected chi connectivity index (χ4v) is 1.19. The summed E-state index contributed by atoms with van der Waals surface area (Å²) in [7, 11) is 0. The van der Waals surface area contributed by atoms with Crippen LogP contribution in [0, 0.1) is 5.82 Å². The molecule has 0 atom stereocenters. The molecule has 1 nitrogen and oxygen atoms in total. The molecule has 0 radical (unpaired) electrons. The van der Waals surface area contributed by atoms with Gasteiger partial charge in [-0.15, -0.1) is 0 Å². The number of aliphatic hydroxyl groups is 1. The summed E-state index contributed by atoms with van der Waals surface area (Å²) in [6.45, 7) is -0.0954. The molecule has 1 rings (SSSR count). The second kappa shape index (κ2) is 4.61. The maximum Gasteiger partial charge on any atom is 0.143 e. The van der Waals surface area contributed by atoms with Crippen LogP contribution < -0.4 is 0 Å². The molecule has 0 aliphatic carbocycles. The average molecular weight is 221 g/mol. The highest BCUT2D eigenvalue weighted by Crippen LogP contribution is 2.26. The molecule has 70 valence electrons. The topological polar surface area (TPSA) is 20.2 Å². The molecule has 0 aromatic heterocycles. The van der Waals surface area contributed by atoms with Gasteiger partial charge in [0.05, 0.1) is 16.7 Å². The van der Waals surface area contributed by atoms with Crippen LogP contribution in [0.2, 0.25) is 10.0 Å². The van der Waals surface area contributed by atoms with Gasteiger partial charge in [-0.05, 0) is 17.7 Å². The third-order valence-electron chi connectivity index (χ3n) is 1.42. The van der Waals surface area contributed by atoms with E-state index in [0.29, 0.717) is 5.56 Å². The van der Waals surface area contributed by atoms with Crippen molar-refractivity contribution in [3.05, 3.63) is 39.6 Å². The molecular formula is C9H7Cl2FO. The van der Waals surface area contributed by atoms with Crippen LogP contribution in [-0.2, 0) is 0 Å². The van der Waals surface area contributed by atoms with Crippen molar-refractivity contribution in [2.24, 2.45) is 0 Å². The minimum Gasteiger partial charge on any atom is -0.392 e. The normalized spacial score (nSPS) is 11.1. The third-order valence-corrected chi connectivity index (χ3v) is 2.20. The highest BCUT2D eigenvalue weighted by atomic mass is 35.5. The quantitative estimate of drug-likeness (QED) is 0.760. The van der Waals surface area contributed by atoms with Gasteiger partial charge in [0.25, 0.3) is 0 Å². The van der Waals surface area contributed by atoms with Gasteiger partial charge in [-0.1, -0.05) is 35.4 Å². The minimum absolute atomic E-state index is 0.0807. The summed E-state index contributed by atoms with van der Waals surface area (Å²) in [6, 6.07) is 2.78. The molecule has 0 saturated carbocycles. The lowest BCUT2D eigenvalue weighted by Crippen LogP contribution is -1.82. The molecule has 0 spiro atoms. The van der Waals surface area contributed by atoms with E-state index in [1.54, 1.807) is 6.08 Å². The largest absolute Gasteiger partial charge is 0.392 e. The van der Waals surface area contributed by atoms with E-state index >= 15 is 0 Å². The fraction of sp³-hybridized carbons (Fsp3) is 0.111. The first-order valence-electron chi connectivity index (χ1n) is 3.57. The summed E-state index contributed by atoms with van der Waals surface area (Å²) in [5, 5.41) is 8.57. The Morgan fingerprint density at radius 1 is 1.38 bits per heavy atom. The molecule has 0 unspecified atom stereocenters. The molecule has 1 aromatic carbocycles. The molecule has 0 aliphatic heterocycles. The van der Waals surface area contributed by atoms with Gasteiger partial charge in [-0.2, -0.15) is 0 Å². The van der Waals surface area contributed by atoms with Gasteiger partial charge < -0.3 is 5.11 Å². The molecule has 1 N–H and O–H groups in total. The van der Waals surface area contributed by atoms with Crippen LogP contribution in [0.1, 0.15) is 5.56 Å². The van der Waals surface area contributed by atoms with Crippen molar-refractivity contribution in [2.75, 3.05) is 6.61 Å². The second-order valence-electron chi connectivity index (χ2n) is 2.38. The average Bonchev–Trinajstić information content (AvgIpc) is 2.10. The van der Waals surface area contributed by atoms with Gasteiger partial charge in [-0.3, -0.25) is 0 Å². The lowest BCUT2D eigenvalue weighted by Gasteiger charge is -1.99. The van der Waals surface area contributed by atoms with Crippen molar-refractivity contribution >= 4 is 29.3 Å². The van der Waals surface area contributed by atoms with E-state index in [2.05, 4.69) is 0 Å². The molecule has 0 saturated heterocycles. The standard InChI is InChI=1S/C9H7Cl2FO/c10-7-4-6(2-1-3-13)5-8(12)9(7)11/h1-2,4-5,13H,3H2. The van der Waals surface area contributed by atoms with Crippen LogP contribution in [0.5, 0.6) is 0 Å². The van der Waals surface area contributed by atoms with E-state index in [9.17, 15) is 4.39 Å². The zero-order chi connectivity index (χ0) is 9.84. The number of hydrogen-bond acceptors (Lipinski definition) is 1. The molecule has 13 heavy (non-hydrogen) atoms. The molecule has 0 heterocycles. The van der Waals surface area contributed by atoms with Gasteiger partial charge in [0, 0.05) is 0 Å². The van der Waals surface area contributed by atoms with E-state index < -0.39 is 5.82 Å². The van der Waals surface area contributed by atoms with Crippen LogP contribution in [0.25, 0.3) is 6.08 Å². The van der Waals surface area contributed by atoms with Gasteiger partial charge in [0.2, 0.25) is 0 Å². The first kappa shape index (κ1) is 10.5. The number of rotatable bonds is 2. The molecule has 0 amide bonds. The zero-order valence-electron chi connectivity index (χ0n) is 6.60. The van der Waals surface area contributed by atoms with E-state index in [1.807, 2.05) is 0 Å². The molecule has 1 aromatic rings. The lowest BCUT2D eigenvalue weighted by atomic mass is 10.2. The van der Waals surface area contributed by atoms with Crippen molar-refractivity contribution < 1.29 is 9.50 Å². The van der Waals surface area contributed by atoms with E-state index in [1.165, 1.54) is 18.2 Å². The van der Waals surface area contributed by atoms with Crippen molar-refractivity contribution in [1.82, 2.24) is 0 Å². The van der Waals surface area contributed by atoms with Crippen LogP contribution >= 0.6 is 23.2 Å². The smallest absolute Gasteiger partial charge is 0.143 e. The molecular weight excluding hydrogens is 214 g/mol. The van der Waals surface area contributed by atoms with E-state index in [4.69, 9.17) is 28.3 Å². The Hall–Kier alpha value is -0.570. The number of aliphatic hydroxyl groups excluding tert-OH is 1. The highest BCUT2D eigenvalue weighted by molar-refractivity contribution is 6.42. The van der Waals surface area contributed by atoms with Crippen LogP contribution in [-0.4, -0.2) is 11.7 Å². The molecule has 4 heteroatoms. The first-order chi connectivity index (χ1) is 6.15. The maximum atomic E-state index is 13.0. The molecule has 0 fully saturated rings. The molecule has 0 bridgehead atoms. The SMILES string of the molecule is OCC=Cc1cc(F)c(Cl)c(Cl)c1. The van der Waals surface area contributed by atoms with Crippen molar-refractivity contribution in [2.45, 2.75) is 0 Å². The Bertz CT molecular complexity index is 313. The van der Waals surface area contributed by atoms with E-state index in [0.717, 1.165) is 0 Å². The summed E-state index contributed by atoms with van der Waals surface area (Å²) in [6.07, 6.45) is 3.05. The Balaban J connectivity index is 3.06. The first-order valence-corrected chi connectivity index (χ1v) is 4.32. The van der Waals surface area contributed by atoms with Gasteiger partial charge in [0.15, 0.2) is 0 Å². The van der Waals surface area contributed by atoms with Crippen molar-refractivity contribution in [3.63, 3.8) is 0 Å². The zero-order valence-corrected chi connectivity index (χ0v) is 8.11. The van der Waals surface area contributed by atoms with Gasteiger partial charge >= 0.3 is 0 Å². The Morgan fingerprint density at radius 3 is 2.62 bits per heavy atom. The number of hydrogen-bond donors (Lipinski definition) is 1. The van der Waals surface area contributed by atoms with Crippen LogP contribution in [0.15, 0.2) is 18.2 Å². The lowest BCUT2D eigenvalue weighted by molar-refractivity contribution is 0.343. The minimum atomic E-state index is -0.563. The van der Waals surface area contributed by atoms with Gasteiger partial charge in [-0.25, -0.2) is 4.39 Å². The Morgan fingerprint density at radius 2 is 2.08 bits per heavy atom. The summed E-state index contributed by atoms with van der Waals surface area (Å²) in [5.74, 6) is -0.563. The Kier molecular flexibility index (Phi) is 3.72. The predicted octanol–water partition coefficient (Wildman–Crippen LogP) is 3.14. The summed E-state index contributed by atoms with van der Waals surface area (Å²) in [4.78, 5) is 0. The fourth-order valence-electron chi connectivity index (χ4n) is 0.860. The van der Waals surface area contributed by atoms with Crippen LogP contribution in [0.3, 0.4) is 0 Å². The van der Waals surface area contributed by atoms with Crippen LogP contribution in [0.4, 0.5) is 4.39 Å². The summed E-state index contributed by atoms with van der Waals surface area (Å²) >= 11 is 11.1. The van der Waals surface area contributed by atoms with Crippen molar-refractivity contribution in [1.29, 1.82) is 0 Å². The Labute approximate surface area is 85.4 Å². The molecule has 0 aliphatic rings. The second-order valence-corrected chi connectivity index (χ2v) is 3.17. The number of benzene rings is 1. The van der Waals surface area contributed by atoms with Gasteiger partial charge in [0.1, 0.15) is 5.82 Å². The highest BCUT2D eigenvalue weighted by Gasteiger charge is 2.05. The number of halogens is 3.